The quantitative estimate of drug-likeness (QED) is 0.827. The fourth-order valence-corrected chi connectivity index (χ4v) is 2.78. The topological polar surface area (TPSA) is 66.6 Å². The summed E-state index contributed by atoms with van der Waals surface area (Å²) in [6.07, 6.45) is 2.83. The van der Waals surface area contributed by atoms with E-state index < -0.39 is 0 Å². The Bertz CT molecular complexity index is 502. The molecule has 0 bridgehead atoms. The van der Waals surface area contributed by atoms with Crippen LogP contribution in [-0.4, -0.2) is 40.6 Å². The fourth-order valence-electron chi connectivity index (χ4n) is 2.66. The molecule has 0 aromatic heterocycles. The molecule has 1 atom stereocenters. The molecule has 1 amide bonds. The van der Waals surface area contributed by atoms with Gasteiger partial charge in [-0.05, 0) is 37.3 Å². The van der Waals surface area contributed by atoms with Crippen LogP contribution in [0.25, 0.3) is 0 Å². The highest BCUT2D eigenvalue weighted by molar-refractivity contribution is 7.80. The number of nitrogens with zero attached hydrogens (tertiary/aromatic N) is 1. The number of rotatable bonds is 4. The Labute approximate surface area is 124 Å². The number of thiocarbonyl (C=S) groups is 1. The molecule has 5 heteroatoms. The smallest absolute Gasteiger partial charge is 0.253 e. The lowest BCUT2D eigenvalue weighted by Gasteiger charge is -2.32. The molecule has 0 radical (unpaired) electrons. The first kappa shape index (κ1) is 14.9. The molecule has 1 aliphatic rings. The van der Waals surface area contributed by atoms with Gasteiger partial charge in [-0.1, -0.05) is 24.4 Å². The summed E-state index contributed by atoms with van der Waals surface area (Å²) in [4.78, 5) is 14.7. The summed E-state index contributed by atoms with van der Waals surface area (Å²) in [6, 6.07) is 7.15. The van der Waals surface area contributed by atoms with Gasteiger partial charge in [-0.25, -0.2) is 0 Å². The number of aliphatic hydroxyl groups is 1. The standard InChI is InChI=1S/C15H20N2O2S/c16-14(20)12-4-1-5-13(9-12)15(19)17-7-2-3-11(10-17)6-8-18/h1,4-5,9,11,18H,2-3,6-8,10H2,(H2,16,20). The van der Waals surface area contributed by atoms with Gasteiger partial charge in [0.15, 0.2) is 0 Å². The Hall–Kier alpha value is -1.46. The van der Waals surface area contributed by atoms with Gasteiger partial charge in [0, 0.05) is 30.8 Å². The summed E-state index contributed by atoms with van der Waals surface area (Å²) in [5.41, 5.74) is 6.94. The number of likely N-dealkylation sites (tertiary alicyclic amines) is 1. The van der Waals surface area contributed by atoms with E-state index in [1.165, 1.54) is 0 Å². The molecule has 4 nitrogen and oxygen atoms in total. The number of benzene rings is 1. The molecule has 1 fully saturated rings. The number of amides is 1. The van der Waals surface area contributed by atoms with Crippen LogP contribution in [0.5, 0.6) is 0 Å². The van der Waals surface area contributed by atoms with Crippen molar-refractivity contribution in [2.45, 2.75) is 19.3 Å². The maximum absolute atomic E-state index is 12.5. The van der Waals surface area contributed by atoms with E-state index in [1.54, 1.807) is 18.2 Å². The first-order valence-corrected chi connectivity index (χ1v) is 7.32. The summed E-state index contributed by atoms with van der Waals surface area (Å²) in [5.74, 6) is 0.419. The number of piperidine rings is 1. The van der Waals surface area contributed by atoms with Crippen LogP contribution in [0.1, 0.15) is 35.2 Å². The largest absolute Gasteiger partial charge is 0.396 e. The molecular weight excluding hydrogens is 272 g/mol. The van der Waals surface area contributed by atoms with Crippen LogP contribution >= 0.6 is 12.2 Å². The van der Waals surface area contributed by atoms with Crippen molar-refractivity contribution >= 4 is 23.1 Å². The van der Waals surface area contributed by atoms with Crippen LogP contribution in [-0.2, 0) is 0 Å². The van der Waals surface area contributed by atoms with Crippen molar-refractivity contribution in [1.82, 2.24) is 4.90 Å². The van der Waals surface area contributed by atoms with Gasteiger partial charge >= 0.3 is 0 Å². The molecule has 1 aliphatic heterocycles. The van der Waals surface area contributed by atoms with Gasteiger partial charge in [0.1, 0.15) is 4.99 Å². The third-order valence-electron chi connectivity index (χ3n) is 3.74. The minimum atomic E-state index is 0.0192. The van der Waals surface area contributed by atoms with Crippen LogP contribution in [0, 0.1) is 5.92 Å². The molecule has 1 saturated heterocycles. The highest BCUT2D eigenvalue weighted by atomic mass is 32.1. The molecule has 3 N–H and O–H groups in total. The first-order chi connectivity index (χ1) is 9.61. The molecule has 1 aromatic rings. The monoisotopic (exact) mass is 292 g/mol. The number of hydrogen-bond acceptors (Lipinski definition) is 3. The maximum Gasteiger partial charge on any atom is 0.253 e. The summed E-state index contributed by atoms with van der Waals surface area (Å²) in [6.45, 7) is 1.68. The number of carbonyl (C=O) groups is 1. The Kier molecular flexibility index (Phi) is 5.09. The van der Waals surface area contributed by atoms with Gasteiger partial charge in [0.25, 0.3) is 5.91 Å². The molecule has 1 heterocycles. The second-order valence-electron chi connectivity index (χ2n) is 5.22. The maximum atomic E-state index is 12.5. The molecule has 1 aromatic carbocycles. The van der Waals surface area contributed by atoms with Gasteiger partial charge in [-0.15, -0.1) is 0 Å². The Morgan fingerprint density at radius 1 is 1.45 bits per heavy atom. The van der Waals surface area contributed by atoms with Crippen LogP contribution in [0.4, 0.5) is 0 Å². The number of carbonyl (C=O) groups excluding carboxylic acids is 1. The molecule has 0 aliphatic carbocycles. The third-order valence-corrected chi connectivity index (χ3v) is 3.97. The second kappa shape index (κ2) is 6.81. The van der Waals surface area contributed by atoms with Crippen LogP contribution in [0.15, 0.2) is 24.3 Å². The predicted molar refractivity (Wildman–Crippen MR) is 82.7 cm³/mol. The molecule has 108 valence electrons. The molecule has 0 spiro atoms. The van der Waals surface area contributed by atoms with E-state index in [9.17, 15) is 4.79 Å². The summed E-state index contributed by atoms with van der Waals surface area (Å²) in [7, 11) is 0. The highest BCUT2D eigenvalue weighted by Crippen LogP contribution is 2.21. The number of nitrogens with two attached hydrogens (primary N) is 1. The zero-order valence-electron chi connectivity index (χ0n) is 11.4. The van der Waals surface area contributed by atoms with E-state index in [1.807, 2.05) is 11.0 Å². The fraction of sp³-hybridized carbons (Fsp3) is 0.467. The van der Waals surface area contributed by atoms with Gasteiger partial charge in [0.2, 0.25) is 0 Å². The predicted octanol–water partition coefficient (Wildman–Crippen LogP) is 1.56. The average molecular weight is 292 g/mol. The van der Waals surface area contributed by atoms with Crippen LogP contribution in [0.3, 0.4) is 0 Å². The lowest BCUT2D eigenvalue weighted by Crippen LogP contribution is -2.40. The molecular formula is C15H20N2O2S. The zero-order valence-corrected chi connectivity index (χ0v) is 12.2. The summed E-state index contributed by atoms with van der Waals surface area (Å²) < 4.78 is 0. The first-order valence-electron chi connectivity index (χ1n) is 6.92. The lowest BCUT2D eigenvalue weighted by molar-refractivity contribution is 0.0653. The SMILES string of the molecule is NC(=S)c1cccc(C(=O)N2CCCC(CCO)C2)c1. The lowest BCUT2D eigenvalue weighted by atomic mass is 9.94. The van der Waals surface area contributed by atoms with Crippen LogP contribution in [0.2, 0.25) is 0 Å². The number of hydrogen-bond donors (Lipinski definition) is 2. The van der Waals surface area contributed by atoms with Crippen molar-refractivity contribution in [3.63, 3.8) is 0 Å². The Balaban J connectivity index is 2.10. The Morgan fingerprint density at radius 2 is 2.20 bits per heavy atom. The van der Waals surface area contributed by atoms with Crippen molar-refractivity contribution in [3.05, 3.63) is 35.4 Å². The van der Waals surface area contributed by atoms with Crippen molar-refractivity contribution < 1.29 is 9.90 Å². The average Bonchev–Trinajstić information content (AvgIpc) is 2.47. The highest BCUT2D eigenvalue weighted by Gasteiger charge is 2.24. The Morgan fingerprint density at radius 3 is 2.90 bits per heavy atom. The summed E-state index contributed by atoms with van der Waals surface area (Å²) in [5, 5.41) is 9.03. The molecule has 20 heavy (non-hydrogen) atoms. The zero-order chi connectivity index (χ0) is 14.5. The van der Waals surface area contributed by atoms with Gasteiger partial charge < -0.3 is 15.7 Å². The van der Waals surface area contributed by atoms with Crippen molar-refractivity contribution in [2.24, 2.45) is 11.7 Å². The van der Waals surface area contributed by atoms with E-state index in [0.717, 1.165) is 37.9 Å². The van der Waals surface area contributed by atoms with Crippen molar-refractivity contribution in [3.8, 4) is 0 Å². The van der Waals surface area contributed by atoms with Gasteiger partial charge in [0.05, 0.1) is 0 Å². The molecule has 0 saturated carbocycles. The minimum absolute atomic E-state index is 0.0192. The van der Waals surface area contributed by atoms with Crippen molar-refractivity contribution in [1.29, 1.82) is 0 Å². The summed E-state index contributed by atoms with van der Waals surface area (Å²) >= 11 is 4.94. The van der Waals surface area contributed by atoms with E-state index in [-0.39, 0.29) is 12.5 Å². The number of aliphatic hydroxyl groups excluding tert-OH is 1. The van der Waals surface area contributed by atoms with E-state index in [2.05, 4.69) is 0 Å². The van der Waals surface area contributed by atoms with Gasteiger partial charge in [-0.2, -0.15) is 0 Å². The second-order valence-corrected chi connectivity index (χ2v) is 5.66. The van der Waals surface area contributed by atoms with E-state index in [0.29, 0.717) is 16.5 Å². The van der Waals surface area contributed by atoms with Crippen molar-refractivity contribution in [2.75, 3.05) is 19.7 Å². The minimum Gasteiger partial charge on any atom is -0.396 e. The van der Waals surface area contributed by atoms with E-state index >= 15 is 0 Å². The third kappa shape index (κ3) is 3.55. The molecule has 1 unspecified atom stereocenters. The van der Waals surface area contributed by atoms with Crippen LogP contribution < -0.4 is 5.73 Å². The van der Waals surface area contributed by atoms with E-state index in [4.69, 9.17) is 23.1 Å². The van der Waals surface area contributed by atoms with Gasteiger partial charge in [-0.3, -0.25) is 4.79 Å². The normalized spacial score (nSPS) is 18.9. The molecule has 2 rings (SSSR count).